The predicted molar refractivity (Wildman–Crippen MR) is 350 cm³/mol. The molecule has 1 fully saturated rings. The Hall–Kier alpha value is -3.06. The minimum atomic E-state index is -1.90. The van der Waals surface area contributed by atoms with Crippen molar-refractivity contribution in [2.75, 3.05) is 13.2 Å². The van der Waals surface area contributed by atoms with Gasteiger partial charge in [-0.25, -0.2) is 4.79 Å². The Morgan fingerprint density at radius 3 is 1.13 bits per heavy atom. The maximum absolute atomic E-state index is 13.2. The molecule has 0 aromatic rings. The van der Waals surface area contributed by atoms with Gasteiger partial charge in [0, 0.05) is 19.3 Å². The lowest BCUT2D eigenvalue weighted by Crippen LogP contribution is -2.61. The summed E-state index contributed by atoms with van der Waals surface area (Å²) in [5, 5.41) is 31.7. The van der Waals surface area contributed by atoms with Crippen LogP contribution in [0.1, 0.15) is 355 Å². The van der Waals surface area contributed by atoms with Crippen molar-refractivity contribution in [3.05, 3.63) is 36.5 Å². The van der Waals surface area contributed by atoms with E-state index in [0.29, 0.717) is 19.3 Å². The molecule has 12 heteroatoms. The average Bonchev–Trinajstić information content (AvgIpc) is 3.53. The fourth-order valence-corrected chi connectivity index (χ4v) is 11.3. The van der Waals surface area contributed by atoms with E-state index in [1.165, 1.54) is 193 Å². The molecule has 1 rings (SSSR count). The van der Waals surface area contributed by atoms with Gasteiger partial charge in [0.1, 0.15) is 18.8 Å². The quantitative estimate of drug-likeness (QED) is 0.0228. The summed E-state index contributed by atoms with van der Waals surface area (Å²) in [6, 6.07) is 0. The van der Waals surface area contributed by atoms with Gasteiger partial charge in [-0.1, -0.05) is 320 Å². The predicted octanol–water partition coefficient (Wildman–Crippen LogP) is 19.9. The van der Waals surface area contributed by atoms with Crippen LogP contribution in [0.2, 0.25) is 0 Å². The number of carboxylic acid groups (broad SMARTS) is 1. The molecule has 1 heterocycles. The molecule has 0 radical (unpaired) electrons. The van der Waals surface area contributed by atoms with E-state index in [0.717, 1.165) is 103 Å². The molecule has 1 saturated heterocycles. The highest BCUT2D eigenvalue weighted by Gasteiger charge is 2.50. The number of rotatable bonds is 63. The summed E-state index contributed by atoms with van der Waals surface area (Å²) in [6.07, 6.45) is 62.4. The number of ether oxygens (including phenoxy) is 5. The third kappa shape index (κ3) is 50.5. The van der Waals surface area contributed by atoms with Crippen LogP contribution < -0.4 is 0 Å². The number of carboxylic acids is 1. The minimum absolute atomic E-state index is 0.0662. The molecular formula is C73H132O12. The molecule has 6 unspecified atom stereocenters. The Kier molecular flexibility index (Phi) is 57.6. The molecule has 0 bridgehead atoms. The first-order chi connectivity index (χ1) is 41.6. The topological polar surface area (TPSA) is 175 Å². The van der Waals surface area contributed by atoms with Gasteiger partial charge in [0.05, 0.1) is 6.61 Å². The van der Waals surface area contributed by atoms with Gasteiger partial charge in [0.25, 0.3) is 0 Å². The van der Waals surface area contributed by atoms with Gasteiger partial charge in [-0.05, 0) is 51.4 Å². The Morgan fingerprint density at radius 2 is 0.741 bits per heavy atom. The molecule has 0 aliphatic carbocycles. The molecule has 0 aromatic heterocycles. The second-order valence-corrected chi connectivity index (χ2v) is 24.9. The van der Waals surface area contributed by atoms with E-state index in [2.05, 4.69) is 57.2 Å². The van der Waals surface area contributed by atoms with E-state index in [1.807, 2.05) is 0 Å². The second kappa shape index (κ2) is 61.2. The van der Waals surface area contributed by atoms with E-state index in [1.54, 1.807) is 0 Å². The maximum atomic E-state index is 13.2. The van der Waals surface area contributed by atoms with E-state index in [-0.39, 0.29) is 25.9 Å². The summed E-state index contributed by atoms with van der Waals surface area (Å²) in [7, 11) is 0. The third-order valence-electron chi connectivity index (χ3n) is 16.7. The zero-order valence-corrected chi connectivity index (χ0v) is 55.1. The van der Waals surface area contributed by atoms with Crippen LogP contribution in [-0.2, 0) is 42.9 Å². The number of carbonyl (C=O) groups excluding carboxylic acids is 3. The first-order valence-electron chi connectivity index (χ1n) is 36.0. The van der Waals surface area contributed by atoms with Gasteiger partial charge in [-0.3, -0.25) is 14.4 Å². The van der Waals surface area contributed by atoms with Gasteiger partial charge >= 0.3 is 23.9 Å². The number of carbonyl (C=O) groups is 4. The van der Waals surface area contributed by atoms with Crippen molar-refractivity contribution in [2.45, 2.75) is 391 Å². The molecule has 0 amide bonds. The van der Waals surface area contributed by atoms with Gasteiger partial charge in [0.15, 0.2) is 24.6 Å². The number of aliphatic hydroxyl groups excluding tert-OH is 2. The fourth-order valence-electron chi connectivity index (χ4n) is 11.3. The molecular weight excluding hydrogens is 1070 g/mol. The Labute approximate surface area is 521 Å². The van der Waals surface area contributed by atoms with Crippen LogP contribution in [0, 0.1) is 0 Å². The van der Waals surface area contributed by atoms with E-state index in [9.17, 15) is 34.5 Å². The summed E-state index contributed by atoms with van der Waals surface area (Å²) in [6.45, 7) is 5.96. The van der Waals surface area contributed by atoms with Crippen molar-refractivity contribution in [3.8, 4) is 0 Å². The Morgan fingerprint density at radius 1 is 0.400 bits per heavy atom. The number of hydrogen-bond acceptors (Lipinski definition) is 11. The molecule has 0 saturated carbocycles. The van der Waals surface area contributed by atoms with E-state index in [4.69, 9.17) is 23.7 Å². The molecule has 85 heavy (non-hydrogen) atoms. The number of unbranched alkanes of at least 4 members (excludes halogenated alkanes) is 43. The monoisotopic (exact) mass is 1200 g/mol. The number of aliphatic carboxylic acids is 1. The standard InChI is InChI=1S/C73H132O12/c1-4-7-10-13-16-19-22-25-28-31-33-36-38-41-44-47-50-53-56-59-65(74)81-62-64(83-66(75)60-57-54-51-48-45-42-39-35-30-27-24-21-18-15-12-9-6-3)63-82-73-71(69(78)68(77)70(85-73)72(79)80)84-67(76)61-58-55-52-49-46-43-40-37-34-32-29-26-23-20-17-14-11-8-5-2/h9,12,18,21,27,30,64,68-71,73,77-78H,4-8,10-11,13-17,19-20,22-26,28-29,31-63H2,1-3H3,(H,79,80)/b12-9-,21-18-,30-27-. The SMILES string of the molecule is CC/C=C\C/C=C\C/C=C\CCCCCCCCCC(=O)OC(COC(=O)CCCCCCCCCCCCCCCCCCCCC)COC1OC(C(=O)O)C(O)C(O)C1OC(=O)CCCCCCCCCCCCCCCCCCCCC. The minimum Gasteiger partial charge on any atom is -0.479 e. The largest absolute Gasteiger partial charge is 0.479 e. The van der Waals surface area contributed by atoms with Crippen LogP contribution in [0.15, 0.2) is 36.5 Å². The fraction of sp³-hybridized carbons (Fsp3) is 0.863. The molecule has 3 N–H and O–H groups in total. The van der Waals surface area contributed by atoms with Gasteiger partial charge in [-0.15, -0.1) is 0 Å². The van der Waals surface area contributed by atoms with E-state index >= 15 is 0 Å². The van der Waals surface area contributed by atoms with Crippen molar-refractivity contribution < 1.29 is 58.2 Å². The van der Waals surface area contributed by atoms with Gasteiger partial charge in [-0.2, -0.15) is 0 Å². The van der Waals surface area contributed by atoms with Crippen molar-refractivity contribution in [3.63, 3.8) is 0 Å². The lowest BCUT2D eigenvalue weighted by molar-refractivity contribution is -0.301. The number of esters is 3. The number of aliphatic hydroxyl groups is 2. The van der Waals surface area contributed by atoms with E-state index < -0.39 is 67.3 Å². The Bertz CT molecular complexity index is 1610. The zero-order chi connectivity index (χ0) is 61.7. The summed E-state index contributed by atoms with van der Waals surface area (Å²) >= 11 is 0. The van der Waals surface area contributed by atoms with Crippen molar-refractivity contribution >= 4 is 23.9 Å². The summed E-state index contributed by atoms with van der Waals surface area (Å²) < 4.78 is 28.7. The molecule has 12 nitrogen and oxygen atoms in total. The lowest BCUT2D eigenvalue weighted by Gasteiger charge is -2.40. The highest BCUT2D eigenvalue weighted by molar-refractivity contribution is 5.74. The summed E-state index contributed by atoms with van der Waals surface area (Å²) in [5.41, 5.74) is 0. The highest BCUT2D eigenvalue weighted by atomic mass is 16.7. The third-order valence-corrected chi connectivity index (χ3v) is 16.7. The van der Waals surface area contributed by atoms with Gasteiger partial charge < -0.3 is 39.0 Å². The second-order valence-electron chi connectivity index (χ2n) is 24.9. The Balaban J connectivity index is 2.60. The van der Waals surface area contributed by atoms with Crippen LogP contribution in [0.3, 0.4) is 0 Å². The van der Waals surface area contributed by atoms with Crippen molar-refractivity contribution in [1.29, 1.82) is 0 Å². The van der Waals surface area contributed by atoms with Crippen LogP contribution in [0.4, 0.5) is 0 Å². The molecule has 1 aliphatic heterocycles. The summed E-state index contributed by atoms with van der Waals surface area (Å²) in [4.78, 5) is 51.5. The normalized spacial score (nSPS) is 17.6. The molecule has 6 atom stereocenters. The smallest absolute Gasteiger partial charge is 0.335 e. The lowest BCUT2D eigenvalue weighted by atomic mass is 9.98. The molecule has 0 aromatic carbocycles. The molecule has 1 aliphatic rings. The van der Waals surface area contributed by atoms with Crippen LogP contribution >= 0.6 is 0 Å². The van der Waals surface area contributed by atoms with Gasteiger partial charge in [0.2, 0.25) is 0 Å². The van der Waals surface area contributed by atoms with Crippen molar-refractivity contribution in [1.82, 2.24) is 0 Å². The first-order valence-corrected chi connectivity index (χ1v) is 36.0. The maximum Gasteiger partial charge on any atom is 0.335 e. The van der Waals surface area contributed by atoms with Crippen LogP contribution in [0.5, 0.6) is 0 Å². The average molecular weight is 1200 g/mol. The number of hydrogen-bond donors (Lipinski definition) is 3. The van der Waals surface area contributed by atoms with Crippen LogP contribution in [-0.4, -0.2) is 89.2 Å². The summed E-state index contributed by atoms with van der Waals surface area (Å²) in [5.74, 6) is -3.09. The first kappa shape index (κ1) is 80.0. The highest BCUT2D eigenvalue weighted by Crippen LogP contribution is 2.27. The van der Waals surface area contributed by atoms with Crippen LogP contribution in [0.25, 0.3) is 0 Å². The molecule has 496 valence electrons. The zero-order valence-electron chi connectivity index (χ0n) is 55.1. The molecule has 0 spiro atoms. The number of allylic oxidation sites excluding steroid dienone is 6. The van der Waals surface area contributed by atoms with Crippen molar-refractivity contribution in [2.24, 2.45) is 0 Å².